The number of amides is 1. The number of ether oxygens (including phenoxy) is 1. The smallest absolute Gasteiger partial charge is 0.291 e. The Morgan fingerprint density at radius 1 is 1.15 bits per heavy atom. The van der Waals surface area contributed by atoms with Crippen LogP contribution in [0.1, 0.15) is 58.3 Å². The van der Waals surface area contributed by atoms with Crippen molar-refractivity contribution in [3.05, 3.63) is 99.7 Å². The van der Waals surface area contributed by atoms with Gasteiger partial charge in [-0.15, -0.1) is 0 Å². The molecule has 2 aromatic heterocycles. The third-order valence-corrected chi connectivity index (χ3v) is 6.06. The molecule has 2 heterocycles. The topological polar surface area (TPSA) is 69.3 Å². The van der Waals surface area contributed by atoms with Gasteiger partial charge < -0.3 is 14.5 Å². The molecular formula is C27H28ClN3O3. The van der Waals surface area contributed by atoms with Gasteiger partial charge in [0.15, 0.2) is 5.76 Å². The lowest BCUT2D eigenvalue weighted by Crippen LogP contribution is -2.10. The molecule has 0 atom stereocenters. The highest BCUT2D eigenvalue weighted by Gasteiger charge is 2.15. The van der Waals surface area contributed by atoms with E-state index in [1.807, 2.05) is 31.2 Å². The highest BCUT2D eigenvalue weighted by molar-refractivity contribution is 6.31. The first kappa shape index (κ1) is 23.6. The van der Waals surface area contributed by atoms with E-state index in [0.29, 0.717) is 18.0 Å². The van der Waals surface area contributed by atoms with E-state index >= 15 is 0 Å². The lowest BCUT2D eigenvalue weighted by Gasteiger charge is -2.15. The van der Waals surface area contributed by atoms with E-state index in [9.17, 15) is 4.79 Å². The van der Waals surface area contributed by atoms with Crippen molar-refractivity contribution >= 4 is 23.2 Å². The van der Waals surface area contributed by atoms with Crippen molar-refractivity contribution in [3.63, 3.8) is 0 Å². The summed E-state index contributed by atoms with van der Waals surface area (Å²) in [6.07, 6.45) is 3.42. The first-order valence-corrected chi connectivity index (χ1v) is 11.6. The fraction of sp³-hybridized carbons (Fsp3) is 0.259. The number of benzene rings is 2. The summed E-state index contributed by atoms with van der Waals surface area (Å²) >= 11 is 6.28. The number of nitrogens with zero attached hydrogens (tertiary/aromatic N) is 2. The molecule has 0 bridgehead atoms. The van der Waals surface area contributed by atoms with Gasteiger partial charge in [0.2, 0.25) is 0 Å². The number of carbonyl (C=O) groups is 1. The number of furan rings is 1. The van der Waals surface area contributed by atoms with Crippen LogP contribution in [0.4, 0.5) is 5.69 Å². The normalized spacial score (nSPS) is 11.1. The van der Waals surface area contributed by atoms with Gasteiger partial charge in [0.1, 0.15) is 18.1 Å². The average Bonchev–Trinajstić information content (AvgIpc) is 3.45. The summed E-state index contributed by atoms with van der Waals surface area (Å²) in [5, 5.41) is 7.90. The van der Waals surface area contributed by atoms with Gasteiger partial charge in [-0.05, 0) is 66.3 Å². The maximum Gasteiger partial charge on any atom is 0.291 e. The van der Waals surface area contributed by atoms with Gasteiger partial charge in [0.05, 0.1) is 18.4 Å². The van der Waals surface area contributed by atoms with E-state index in [1.54, 1.807) is 29.2 Å². The summed E-state index contributed by atoms with van der Waals surface area (Å²) in [5.74, 6) is 1.45. The molecular weight excluding hydrogens is 450 g/mol. The molecule has 0 radical (unpaired) electrons. The summed E-state index contributed by atoms with van der Waals surface area (Å²) in [6.45, 7) is 9.03. The van der Waals surface area contributed by atoms with Crippen molar-refractivity contribution in [2.45, 2.75) is 46.8 Å². The first-order chi connectivity index (χ1) is 16.3. The maximum atomic E-state index is 12.7. The fourth-order valence-corrected chi connectivity index (χ4v) is 3.81. The minimum atomic E-state index is -0.341. The van der Waals surface area contributed by atoms with Crippen LogP contribution in [0.25, 0.3) is 0 Å². The van der Waals surface area contributed by atoms with Crippen molar-refractivity contribution < 1.29 is 13.9 Å². The van der Waals surface area contributed by atoms with E-state index in [2.05, 4.69) is 43.3 Å². The molecule has 7 heteroatoms. The lowest BCUT2D eigenvalue weighted by atomic mass is 10.0. The maximum absolute atomic E-state index is 12.7. The number of rotatable bonds is 8. The Balaban J connectivity index is 1.38. The molecule has 4 rings (SSSR count). The van der Waals surface area contributed by atoms with Crippen molar-refractivity contribution in [2.24, 2.45) is 0 Å². The molecule has 0 aliphatic heterocycles. The molecule has 176 valence electrons. The number of aryl methyl sites for hydroxylation is 2. The van der Waals surface area contributed by atoms with Crippen molar-refractivity contribution in [2.75, 3.05) is 5.32 Å². The molecule has 0 saturated heterocycles. The Hall–Kier alpha value is -3.51. The number of halogens is 1. The zero-order valence-corrected chi connectivity index (χ0v) is 20.5. The summed E-state index contributed by atoms with van der Waals surface area (Å²) < 4.78 is 13.5. The Morgan fingerprint density at radius 3 is 2.71 bits per heavy atom. The fourth-order valence-electron chi connectivity index (χ4n) is 3.64. The molecule has 2 aromatic carbocycles. The van der Waals surface area contributed by atoms with Crippen LogP contribution in [0.15, 0.2) is 65.3 Å². The summed E-state index contributed by atoms with van der Waals surface area (Å²) in [7, 11) is 0. The number of hydrogen-bond donors (Lipinski definition) is 1. The molecule has 4 aromatic rings. The van der Waals surface area contributed by atoms with Crippen LogP contribution >= 0.6 is 11.6 Å². The van der Waals surface area contributed by atoms with Crippen LogP contribution in [-0.2, 0) is 13.2 Å². The summed E-state index contributed by atoms with van der Waals surface area (Å²) in [5.41, 5.74) is 4.95. The second-order valence-electron chi connectivity index (χ2n) is 8.66. The molecule has 1 N–H and O–H groups in total. The van der Waals surface area contributed by atoms with Gasteiger partial charge in [-0.25, -0.2) is 0 Å². The lowest BCUT2D eigenvalue weighted by molar-refractivity contribution is 0.0992. The van der Waals surface area contributed by atoms with Gasteiger partial charge in [-0.2, -0.15) is 5.10 Å². The standard InChI is InChI=1S/C27H28ClN3O3/c1-17(2)23-12-24(28)19(4)11-26(23)33-16-22-9-10-25(34-22)27(32)30-21-13-29-31(15-21)14-20-8-6-5-7-18(20)3/h5-13,15,17H,14,16H2,1-4H3,(H,30,32). The number of anilines is 1. The largest absolute Gasteiger partial charge is 0.485 e. The van der Waals surface area contributed by atoms with Gasteiger partial charge in [0.25, 0.3) is 5.91 Å². The van der Waals surface area contributed by atoms with E-state index in [0.717, 1.165) is 21.9 Å². The molecule has 0 spiro atoms. The SMILES string of the molecule is Cc1cc(OCc2ccc(C(=O)Nc3cnn(Cc4ccccc4C)c3)o2)c(C(C)C)cc1Cl. The van der Waals surface area contributed by atoms with Gasteiger partial charge in [-0.3, -0.25) is 9.48 Å². The molecule has 34 heavy (non-hydrogen) atoms. The second-order valence-corrected chi connectivity index (χ2v) is 9.06. The zero-order valence-electron chi connectivity index (χ0n) is 19.8. The van der Waals surface area contributed by atoms with Crippen LogP contribution in [0.2, 0.25) is 5.02 Å². The molecule has 0 fully saturated rings. The highest BCUT2D eigenvalue weighted by atomic mass is 35.5. The summed E-state index contributed by atoms with van der Waals surface area (Å²) in [4.78, 5) is 12.7. The molecule has 0 unspecified atom stereocenters. The van der Waals surface area contributed by atoms with E-state index in [1.165, 1.54) is 11.1 Å². The minimum Gasteiger partial charge on any atom is -0.485 e. The van der Waals surface area contributed by atoms with Crippen molar-refractivity contribution in [3.8, 4) is 5.75 Å². The third kappa shape index (κ3) is 5.51. The average molecular weight is 478 g/mol. The van der Waals surface area contributed by atoms with E-state index < -0.39 is 0 Å². The van der Waals surface area contributed by atoms with E-state index in [-0.39, 0.29) is 24.2 Å². The Kier molecular flexibility index (Phi) is 7.08. The number of hydrogen-bond acceptors (Lipinski definition) is 4. The van der Waals surface area contributed by atoms with Gasteiger partial charge >= 0.3 is 0 Å². The van der Waals surface area contributed by atoms with Gasteiger partial charge in [0, 0.05) is 11.2 Å². The highest BCUT2D eigenvalue weighted by Crippen LogP contribution is 2.32. The molecule has 6 nitrogen and oxygen atoms in total. The Bertz CT molecular complexity index is 1310. The van der Waals surface area contributed by atoms with Crippen LogP contribution < -0.4 is 10.1 Å². The van der Waals surface area contributed by atoms with Crippen LogP contribution in [-0.4, -0.2) is 15.7 Å². The van der Waals surface area contributed by atoms with Crippen molar-refractivity contribution in [1.29, 1.82) is 0 Å². The predicted molar refractivity (Wildman–Crippen MR) is 134 cm³/mol. The van der Waals surface area contributed by atoms with Gasteiger partial charge in [-0.1, -0.05) is 49.7 Å². The summed E-state index contributed by atoms with van der Waals surface area (Å²) in [6, 6.07) is 15.4. The van der Waals surface area contributed by atoms with Crippen LogP contribution in [0.3, 0.4) is 0 Å². The van der Waals surface area contributed by atoms with Crippen LogP contribution in [0, 0.1) is 13.8 Å². The third-order valence-electron chi connectivity index (χ3n) is 5.65. The number of nitrogens with one attached hydrogen (secondary N) is 1. The Morgan fingerprint density at radius 2 is 1.94 bits per heavy atom. The monoisotopic (exact) mass is 477 g/mol. The van der Waals surface area contributed by atoms with Crippen molar-refractivity contribution in [1.82, 2.24) is 9.78 Å². The predicted octanol–water partition coefficient (Wildman–Crippen LogP) is 6.75. The quantitative estimate of drug-likeness (QED) is 0.304. The zero-order chi connectivity index (χ0) is 24.2. The second kappa shape index (κ2) is 10.2. The molecule has 1 amide bonds. The Labute approximate surface area is 204 Å². The number of aromatic nitrogens is 2. The van der Waals surface area contributed by atoms with Crippen LogP contribution in [0.5, 0.6) is 5.75 Å². The first-order valence-electron chi connectivity index (χ1n) is 11.2. The minimum absolute atomic E-state index is 0.210. The molecule has 0 aliphatic carbocycles. The molecule has 0 saturated carbocycles. The van der Waals surface area contributed by atoms with E-state index in [4.69, 9.17) is 20.8 Å². The molecule has 0 aliphatic rings. The number of carbonyl (C=O) groups excluding carboxylic acids is 1.